The average molecular weight is 962 g/mol. The van der Waals surface area contributed by atoms with Gasteiger partial charge in [0.1, 0.15) is 13.2 Å². The third-order valence-electron chi connectivity index (χ3n) is 12.4. The van der Waals surface area contributed by atoms with Gasteiger partial charge in [0.05, 0.1) is 0 Å². The van der Waals surface area contributed by atoms with Gasteiger partial charge in [0.25, 0.3) is 0 Å². The molecule has 0 fully saturated rings. The molecule has 0 saturated carbocycles. The van der Waals surface area contributed by atoms with Crippen LogP contribution in [0.4, 0.5) is 0 Å². The van der Waals surface area contributed by atoms with Crippen LogP contribution in [0.3, 0.4) is 0 Å². The van der Waals surface area contributed by atoms with Crippen molar-refractivity contribution in [3.8, 4) is 0 Å². The number of unbranched alkanes of at least 4 members (excludes halogenated alkanes) is 27. The van der Waals surface area contributed by atoms with Crippen molar-refractivity contribution in [2.75, 3.05) is 13.2 Å². The molecule has 1 unspecified atom stereocenters. The van der Waals surface area contributed by atoms with Gasteiger partial charge in [-0.2, -0.15) is 0 Å². The minimum absolute atomic E-state index is 0.0885. The zero-order chi connectivity index (χ0) is 50.0. The normalized spacial score (nSPS) is 12.7. The Balaban J connectivity index is 4.40. The van der Waals surface area contributed by atoms with Crippen LogP contribution in [0.15, 0.2) is 85.1 Å². The topological polar surface area (TPSA) is 78.9 Å². The summed E-state index contributed by atoms with van der Waals surface area (Å²) in [6.07, 6.45) is 74.2. The second-order valence-corrected chi connectivity index (χ2v) is 19.2. The molecule has 0 aliphatic carbocycles. The van der Waals surface area contributed by atoms with Gasteiger partial charge in [-0.25, -0.2) is 0 Å². The van der Waals surface area contributed by atoms with Crippen LogP contribution in [0.2, 0.25) is 0 Å². The van der Waals surface area contributed by atoms with Crippen molar-refractivity contribution in [3.05, 3.63) is 85.1 Å². The third kappa shape index (κ3) is 55.4. The maximum Gasteiger partial charge on any atom is 0.306 e. The molecule has 0 N–H and O–H groups in total. The summed E-state index contributed by atoms with van der Waals surface area (Å²) in [6.45, 7) is 6.47. The lowest BCUT2D eigenvalue weighted by Gasteiger charge is -2.18. The summed E-state index contributed by atoms with van der Waals surface area (Å²) in [4.78, 5) is 38.2. The summed E-state index contributed by atoms with van der Waals surface area (Å²) < 4.78 is 16.9. The quantitative estimate of drug-likeness (QED) is 0.0262. The average Bonchev–Trinajstić information content (AvgIpc) is 3.35. The van der Waals surface area contributed by atoms with Crippen molar-refractivity contribution in [2.24, 2.45) is 0 Å². The molecular formula is C63H108O6. The van der Waals surface area contributed by atoms with E-state index in [9.17, 15) is 14.4 Å². The van der Waals surface area contributed by atoms with Gasteiger partial charge in [-0.1, -0.05) is 234 Å². The van der Waals surface area contributed by atoms with Crippen molar-refractivity contribution in [1.82, 2.24) is 0 Å². The number of esters is 3. The Morgan fingerprint density at radius 2 is 0.580 bits per heavy atom. The molecule has 0 aromatic heterocycles. The standard InChI is InChI=1S/C63H108O6/c1-4-7-10-13-16-19-22-25-28-30-31-32-33-34-36-38-41-44-47-50-53-56-62(65)68-59-60(58-67-61(64)55-52-49-46-43-40-37-27-24-21-18-15-12-9-6-3)69-63(66)57-54-51-48-45-42-39-35-29-26-23-20-17-14-11-8-5-2/h7,10,15-16,18-19,24-25,27-29,31-32,35,60H,4-6,8-9,11-14,17,20-23,26,30,33-34,36-59H2,1-3H3/b10-7-,18-15-,19-16-,27-24-,28-25-,32-31-,35-29-. The van der Waals surface area contributed by atoms with E-state index in [1.54, 1.807) is 0 Å². The maximum atomic E-state index is 12.9. The van der Waals surface area contributed by atoms with Gasteiger partial charge >= 0.3 is 17.9 Å². The summed E-state index contributed by atoms with van der Waals surface area (Å²) >= 11 is 0. The molecule has 0 bridgehead atoms. The van der Waals surface area contributed by atoms with E-state index in [-0.39, 0.29) is 31.1 Å². The first kappa shape index (κ1) is 65.6. The van der Waals surface area contributed by atoms with Crippen LogP contribution in [0.1, 0.15) is 278 Å². The van der Waals surface area contributed by atoms with E-state index < -0.39 is 6.10 Å². The molecule has 6 heteroatoms. The zero-order valence-corrected chi connectivity index (χ0v) is 45.3. The maximum absolute atomic E-state index is 12.9. The highest BCUT2D eigenvalue weighted by Crippen LogP contribution is 2.15. The molecule has 1 atom stereocenters. The van der Waals surface area contributed by atoms with E-state index >= 15 is 0 Å². The first-order valence-corrected chi connectivity index (χ1v) is 29.1. The smallest absolute Gasteiger partial charge is 0.306 e. The van der Waals surface area contributed by atoms with Crippen LogP contribution in [-0.4, -0.2) is 37.2 Å². The van der Waals surface area contributed by atoms with Gasteiger partial charge in [-0.15, -0.1) is 0 Å². The SMILES string of the molecule is CC/C=C\C/C=C\C/C=C\C/C=C\CCCCCCCCCCC(=O)OCC(COC(=O)CCCCCCC/C=C\C/C=C\CCCC)OC(=O)CCCCCCC/C=C\CCCCCCCCC. The van der Waals surface area contributed by atoms with Gasteiger partial charge in [0.15, 0.2) is 6.10 Å². The second kappa shape index (κ2) is 57.2. The van der Waals surface area contributed by atoms with Gasteiger partial charge in [0.2, 0.25) is 0 Å². The van der Waals surface area contributed by atoms with Crippen LogP contribution < -0.4 is 0 Å². The Kier molecular flexibility index (Phi) is 54.3. The van der Waals surface area contributed by atoms with Crippen LogP contribution in [0.5, 0.6) is 0 Å². The molecule has 0 heterocycles. The van der Waals surface area contributed by atoms with E-state index in [2.05, 4.69) is 106 Å². The molecule has 0 radical (unpaired) electrons. The first-order chi connectivity index (χ1) is 34.0. The summed E-state index contributed by atoms with van der Waals surface area (Å²) in [7, 11) is 0. The van der Waals surface area contributed by atoms with Crippen molar-refractivity contribution in [3.63, 3.8) is 0 Å². The summed E-state index contributed by atoms with van der Waals surface area (Å²) in [6, 6.07) is 0. The van der Waals surface area contributed by atoms with E-state index in [1.165, 1.54) is 109 Å². The number of ether oxygens (including phenoxy) is 3. The molecule has 0 amide bonds. The number of carbonyl (C=O) groups excluding carboxylic acids is 3. The monoisotopic (exact) mass is 961 g/mol. The van der Waals surface area contributed by atoms with Crippen LogP contribution in [-0.2, 0) is 28.6 Å². The van der Waals surface area contributed by atoms with Crippen molar-refractivity contribution in [2.45, 2.75) is 284 Å². The molecule has 0 aliphatic heterocycles. The van der Waals surface area contributed by atoms with Gasteiger partial charge in [-0.3, -0.25) is 14.4 Å². The number of carbonyl (C=O) groups is 3. The van der Waals surface area contributed by atoms with Crippen molar-refractivity contribution >= 4 is 17.9 Å². The highest BCUT2D eigenvalue weighted by atomic mass is 16.6. The van der Waals surface area contributed by atoms with Gasteiger partial charge in [0, 0.05) is 19.3 Å². The lowest BCUT2D eigenvalue weighted by Crippen LogP contribution is -2.30. The summed E-state index contributed by atoms with van der Waals surface area (Å²) in [5.41, 5.74) is 0. The highest BCUT2D eigenvalue weighted by molar-refractivity contribution is 5.71. The van der Waals surface area contributed by atoms with Crippen molar-refractivity contribution in [1.29, 1.82) is 0 Å². The lowest BCUT2D eigenvalue weighted by molar-refractivity contribution is -0.167. The number of hydrogen-bond donors (Lipinski definition) is 0. The predicted octanol–water partition coefficient (Wildman–Crippen LogP) is 19.5. The Labute approximate surface area is 426 Å². The molecule has 0 saturated heterocycles. The van der Waals surface area contributed by atoms with E-state index in [1.807, 2.05) is 0 Å². The van der Waals surface area contributed by atoms with E-state index in [4.69, 9.17) is 14.2 Å². The molecule has 69 heavy (non-hydrogen) atoms. The Morgan fingerprint density at radius 3 is 0.942 bits per heavy atom. The highest BCUT2D eigenvalue weighted by Gasteiger charge is 2.19. The molecule has 6 nitrogen and oxygen atoms in total. The van der Waals surface area contributed by atoms with Crippen LogP contribution in [0, 0.1) is 0 Å². The second-order valence-electron chi connectivity index (χ2n) is 19.2. The van der Waals surface area contributed by atoms with Crippen LogP contribution in [0.25, 0.3) is 0 Å². The Morgan fingerprint density at radius 1 is 0.304 bits per heavy atom. The number of rotatable bonds is 52. The minimum Gasteiger partial charge on any atom is -0.462 e. The molecule has 0 spiro atoms. The molecular weight excluding hydrogens is 853 g/mol. The molecule has 0 aromatic carbocycles. The Hall–Kier alpha value is -3.41. The van der Waals surface area contributed by atoms with Crippen molar-refractivity contribution < 1.29 is 28.6 Å². The fourth-order valence-electron chi connectivity index (χ4n) is 7.97. The lowest BCUT2D eigenvalue weighted by atomic mass is 10.1. The summed E-state index contributed by atoms with van der Waals surface area (Å²) in [5, 5.41) is 0. The Bertz CT molecular complexity index is 1330. The number of hydrogen-bond acceptors (Lipinski definition) is 6. The largest absolute Gasteiger partial charge is 0.462 e. The van der Waals surface area contributed by atoms with Gasteiger partial charge < -0.3 is 14.2 Å². The minimum atomic E-state index is -0.791. The van der Waals surface area contributed by atoms with Crippen LogP contribution >= 0.6 is 0 Å². The predicted molar refractivity (Wildman–Crippen MR) is 297 cm³/mol. The molecule has 0 aliphatic rings. The van der Waals surface area contributed by atoms with E-state index in [0.29, 0.717) is 19.3 Å². The van der Waals surface area contributed by atoms with Gasteiger partial charge in [-0.05, 0) is 109 Å². The van der Waals surface area contributed by atoms with E-state index in [0.717, 1.165) is 128 Å². The molecule has 396 valence electrons. The fraction of sp³-hybridized carbons (Fsp3) is 0.730. The fourth-order valence-corrected chi connectivity index (χ4v) is 7.97. The molecule has 0 rings (SSSR count). The third-order valence-corrected chi connectivity index (χ3v) is 12.4. The molecule has 0 aromatic rings. The first-order valence-electron chi connectivity index (χ1n) is 29.1. The number of allylic oxidation sites excluding steroid dienone is 14. The zero-order valence-electron chi connectivity index (χ0n) is 45.3. The summed E-state index contributed by atoms with van der Waals surface area (Å²) in [5.74, 6) is -0.912.